The van der Waals surface area contributed by atoms with E-state index in [-0.39, 0.29) is 21.5 Å². The Morgan fingerprint density at radius 1 is 1.12 bits per heavy atom. The second-order valence-corrected chi connectivity index (χ2v) is 10.2. The summed E-state index contributed by atoms with van der Waals surface area (Å²) in [6.45, 7) is 10.2. The van der Waals surface area contributed by atoms with E-state index in [4.69, 9.17) is 32.7 Å². The van der Waals surface area contributed by atoms with Gasteiger partial charge in [-0.3, -0.25) is 4.79 Å². The number of sulfonamides is 1. The van der Waals surface area contributed by atoms with E-state index in [1.165, 1.54) is 18.2 Å². The predicted molar refractivity (Wildman–Crippen MR) is 102 cm³/mol. The quantitative estimate of drug-likeness (QED) is 0.700. The number of hydrogen-bond acceptors (Lipinski definition) is 5. The van der Waals surface area contributed by atoms with Crippen LogP contribution in [0.2, 0.25) is 10.0 Å². The summed E-state index contributed by atoms with van der Waals surface area (Å²) in [4.78, 5) is 12.2. The largest absolute Gasteiger partial charge is 0.459 e. The number of nitrogens with one attached hydrogen (secondary N) is 1. The van der Waals surface area contributed by atoms with E-state index >= 15 is 0 Å². The van der Waals surface area contributed by atoms with Crippen LogP contribution in [0.25, 0.3) is 0 Å². The maximum absolute atomic E-state index is 12.7. The van der Waals surface area contributed by atoms with Crippen LogP contribution in [-0.2, 0) is 24.3 Å². The van der Waals surface area contributed by atoms with Crippen LogP contribution in [0.5, 0.6) is 0 Å². The monoisotopic (exact) mass is 425 g/mol. The molecule has 0 saturated carbocycles. The van der Waals surface area contributed by atoms with E-state index in [0.29, 0.717) is 0 Å². The molecule has 1 aromatic rings. The Morgan fingerprint density at radius 2 is 1.69 bits per heavy atom. The molecule has 1 N–H and O–H groups in total. The molecule has 1 rings (SSSR count). The molecule has 1 atom stereocenters. The van der Waals surface area contributed by atoms with Gasteiger partial charge in [-0.2, -0.15) is 4.72 Å². The lowest BCUT2D eigenvalue weighted by molar-refractivity contribution is -0.159. The van der Waals surface area contributed by atoms with Crippen molar-refractivity contribution in [1.29, 1.82) is 0 Å². The molecule has 148 valence electrons. The summed E-state index contributed by atoms with van der Waals surface area (Å²) < 4.78 is 38.6. The first-order valence-electron chi connectivity index (χ1n) is 7.95. The molecular weight excluding hydrogens is 401 g/mol. The smallest absolute Gasteiger partial charge is 0.327 e. The van der Waals surface area contributed by atoms with Gasteiger partial charge < -0.3 is 9.47 Å². The van der Waals surface area contributed by atoms with Gasteiger partial charge in [0.2, 0.25) is 10.0 Å². The van der Waals surface area contributed by atoms with Crippen LogP contribution in [0.1, 0.15) is 41.5 Å². The van der Waals surface area contributed by atoms with E-state index in [9.17, 15) is 13.2 Å². The molecule has 0 radical (unpaired) electrons. The third kappa shape index (κ3) is 7.80. The summed E-state index contributed by atoms with van der Waals surface area (Å²) >= 11 is 11.8. The average Bonchev–Trinajstić information content (AvgIpc) is 2.43. The van der Waals surface area contributed by atoms with Crippen LogP contribution in [-0.4, -0.2) is 38.2 Å². The molecule has 0 aliphatic heterocycles. The predicted octanol–water partition coefficient (Wildman–Crippen LogP) is 3.80. The molecule has 1 aromatic carbocycles. The van der Waals surface area contributed by atoms with Crippen LogP contribution < -0.4 is 4.72 Å². The summed E-state index contributed by atoms with van der Waals surface area (Å²) in [6.07, 6.45) is 0. The second kappa shape index (κ2) is 8.44. The molecule has 0 fully saturated rings. The molecule has 1 unspecified atom stereocenters. The molecule has 0 aromatic heterocycles. The van der Waals surface area contributed by atoms with E-state index in [1.807, 2.05) is 0 Å². The topological polar surface area (TPSA) is 81.7 Å². The molecule has 0 amide bonds. The summed E-state index contributed by atoms with van der Waals surface area (Å²) in [6, 6.07) is 2.81. The Kier molecular flexibility index (Phi) is 7.52. The lowest BCUT2D eigenvalue weighted by atomic mass is 10.2. The Hall–Kier alpha value is -0.860. The number of ether oxygens (including phenoxy) is 2. The average molecular weight is 426 g/mol. The highest BCUT2D eigenvalue weighted by Gasteiger charge is 2.32. The fourth-order valence-corrected chi connectivity index (χ4v) is 3.72. The van der Waals surface area contributed by atoms with Gasteiger partial charge in [0.05, 0.1) is 17.2 Å². The van der Waals surface area contributed by atoms with Gasteiger partial charge in [0.1, 0.15) is 16.5 Å². The summed E-state index contributed by atoms with van der Waals surface area (Å²) in [5.74, 6) is -0.747. The minimum Gasteiger partial charge on any atom is -0.459 e. The number of halogens is 2. The van der Waals surface area contributed by atoms with Crippen molar-refractivity contribution in [3.05, 3.63) is 28.2 Å². The van der Waals surface area contributed by atoms with Crippen molar-refractivity contribution in [3.8, 4) is 0 Å². The van der Waals surface area contributed by atoms with E-state index in [2.05, 4.69) is 4.72 Å². The van der Waals surface area contributed by atoms with E-state index in [0.717, 1.165) is 0 Å². The molecule has 26 heavy (non-hydrogen) atoms. The lowest BCUT2D eigenvalue weighted by Gasteiger charge is -2.27. The molecule has 0 bridgehead atoms. The standard InChI is InChI=1S/C17H25Cl2NO5S/c1-16(2,3)24-10-13(15(21)25-17(4,5)6)20-26(22,23)14-9-11(18)7-8-12(14)19/h7-9,13,20H,10H2,1-6H3. The van der Waals surface area contributed by atoms with Gasteiger partial charge >= 0.3 is 5.97 Å². The van der Waals surface area contributed by atoms with Gasteiger partial charge in [0, 0.05) is 5.02 Å². The number of rotatable bonds is 6. The zero-order chi connectivity index (χ0) is 20.3. The Morgan fingerprint density at radius 3 is 2.19 bits per heavy atom. The zero-order valence-electron chi connectivity index (χ0n) is 15.7. The van der Waals surface area contributed by atoms with Crippen LogP contribution >= 0.6 is 23.2 Å². The third-order valence-corrected chi connectivity index (χ3v) is 5.04. The highest BCUT2D eigenvalue weighted by molar-refractivity contribution is 7.89. The van der Waals surface area contributed by atoms with Crippen molar-refractivity contribution in [3.63, 3.8) is 0 Å². The molecule has 0 heterocycles. The Bertz CT molecular complexity index is 751. The fraction of sp³-hybridized carbons (Fsp3) is 0.588. The van der Waals surface area contributed by atoms with Crippen LogP contribution in [0.15, 0.2) is 23.1 Å². The Labute approximate surface area is 165 Å². The van der Waals surface area contributed by atoms with Crippen molar-refractivity contribution < 1.29 is 22.7 Å². The van der Waals surface area contributed by atoms with Crippen molar-refractivity contribution in [2.45, 2.75) is 63.7 Å². The maximum atomic E-state index is 12.7. The van der Waals surface area contributed by atoms with Gasteiger partial charge in [-0.25, -0.2) is 8.42 Å². The van der Waals surface area contributed by atoms with Crippen molar-refractivity contribution in [2.24, 2.45) is 0 Å². The van der Waals surface area contributed by atoms with Gasteiger partial charge in [-0.05, 0) is 59.7 Å². The normalized spacial score (nSPS) is 14.2. The van der Waals surface area contributed by atoms with Crippen LogP contribution in [0.4, 0.5) is 0 Å². The van der Waals surface area contributed by atoms with Gasteiger partial charge in [0.15, 0.2) is 0 Å². The highest BCUT2D eigenvalue weighted by atomic mass is 35.5. The second-order valence-electron chi connectivity index (χ2n) is 7.71. The maximum Gasteiger partial charge on any atom is 0.327 e. The van der Waals surface area contributed by atoms with Crippen molar-refractivity contribution >= 4 is 39.2 Å². The first-order valence-corrected chi connectivity index (χ1v) is 10.2. The first kappa shape index (κ1) is 23.2. The van der Waals surface area contributed by atoms with Gasteiger partial charge in [0.25, 0.3) is 0 Å². The molecule has 0 saturated heterocycles. The lowest BCUT2D eigenvalue weighted by Crippen LogP contribution is -2.48. The van der Waals surface area contributed by atoms with Crippen molar-refractivity contribution in [1.82, 2.24) is 4.72 Å². The van der Waals surface area contributed by atoms with Crippen LogP contribution in [0.3, 0.4) is 0 Å². The summed E-state index contributed by atoms with van der Waals surface area (Å²) in [5.41, 5.74) is -1.35. The minimum atomic E-state index is -4.13. The van der Waals surface area contributed by atoms with E-state index < -0.39 is 33.2 Å². The highest BCUT2D eigenvalue weighted by Crippen LogP contribution is 2.25. The molecule has 0 aliphatic rings. The molecule has 6 nitrogen and oxygen atoms in total. The fourth-order valence-electron chi connectivity index (χ4n) is 1.79. The molecule has 0 aliphatic carbocycles. The number of hydrogen-bond donors (Lipinski definition) is 1. The SMILES string of the molecule is CC(C)(C)OCC(NS(=O)(=O)c1cc(Cl)ccc1Cl)C(=O)OC(C)(C)C. The summed E-state index contributed by atoms with van der Waals surface area (Å²) in [5, 5.41) is 0.191. The van der Waals surface area contributed by atoms with Gasteiger partial charge in [-0.1, -0.05) is 23.2 Å². The first-order chi connectivity index (χ1) is 11.6. The minimum absolute atomic E-state index is 0.0124. The van der Waals surface area contributed by atoms with Crippen molar-refractivity contribution in [2.75, 3.05) is 6.61 Å². The van der Waals surface area contributed by atoms with Gasteiger partial charge in [-0.15, -0.1) is 0 Å². The summed E-state index contributed by atoms with van der Waals surface area (Å²) in [7, 11) is -4.13. The zero-order valence-corrected chi connectivity index (χ0v) is 18.1. The number of carbonyl (C=O) groups is 1. The molecule has 9 heteroatoms. The number of benzene rings is 1. The number of carbonyl (C=O) groups excluding carboxylic acids is 1. The Balaban J connectivity index is 3.13. The molecule has 0 spiro atoms. The number of esters is 1. The molecular formula is C17H25Cl2NO5S. The third-order valence-electron chi connectivity index (χ3n) is 2.85. The van der Waals surface area contributed by atoms with Crippen LogP contribution in [0, 0.1) is 0 Å². The van der Waals surface area contributed by atoms with E-state index in [1.54, 1.807) is 41.5 Å².